The molecule has 0 spiro atoms. The predicted molar refractivity (Wildman–Crippen MR) is 70.2 cm³/mol. The number of ether oxygens (including phenoxy) is 1. The number of thiophene rings is 1. The van der Waals surface area contributed by atoms with Gasteiger partial charge in [0.05, 0.1) is 19.1 Å². The second-order valence-electron chi connectivity index (χ2n) is 5.14. The van der Waals surface area contributed by atoms with E-state index in [1.54, 1.807) is 11.3 Å². The van der Waals surface area contributed by atoms with E-state index in [-0.39, 0.29) is 17.9 Å². The number of hydrogen-bond donors (Lipinski definition) is 1. The monoisotopic (exact) mass is 266 g/mol. The molecule has 1 saturated heterocycles. The number of rotatable bonds is 4. The summed E-state index contributed by atoms with van der Waals surface area (Å²) in [4.78, 5) is 14.5. The van der Waals surface area contributed by atoms with Crippen molar-refractivity contribution < 1.29 is 9.53 Å². The molecule has 3 rings (SSSR count). The highest BCUT2D eigenvalue weighted by molar-refractivity contribution is 7.07. The van der Waals surface area contributed by atoms with E-state index >= 15 is 0 Å². The van der Waals surface area contributed by atoms with Gasteiger partial charge < -0.3 is 15.4 Å². The Bertz CT molecular complexity index is 417. The summed E-state index contributed by atoms with van der Waals surface area (Å²) in [7, 11) is 0. The van der Waals surface area contributed by atoms with E-state index < -0.39 is 0 Å². The van der Waals surface area contributed by atoms with Gasteiger partial charge in [-0.3, -0.25) is 4.79 Å². The van der Waals surface area contributed by atoms with Crippen LogP contribution in [0.4, 0.5) is 0 Å². The van der Waals surface area contributed by atoms with Crippen molar-refractivity contribution in [3.63, 3.8) is 0 Å². The Morgan fingerprint density at radius 2 is 2.33 bits per heavy atom. The third kappa shape index (κ3) is 2.43. The zero-order chi connectivity index (χ0) is 12.5. The number of nitrogens with two attached hydrogens (primary N) is 1. The molecule has 1 amide bonds. The Labute approximate surface area is 111 Å². The molecular formula is C13H18N2O2S. The van der Waals surface area contributed by atoms with Gasteiger partial charge in [0, 0.05) is 18.6 Å². The molecule has 5 heteroatoms. The normalized spacial score (nSPS) is 27.4. The van der Waals surface area contributed by atoms with Crippen LogP contribution in [0.3, 0.4) is 0 Å². The molecule has 2 N–H and O–H groups in total. The number of carbonyl (C=O) groups excluding carboxylic acids is 1. The molecule has 2 fully saturated rings. The first-order chi connectivity index (χ1) is 8.75. The summed E-state index contributed by atoms with van der Waals surface area (Å²) in [6, 6.07) is 2.37. The van der Waals surface area contributed by atoms with Crippen molar-refractivity contribution in [2.45, 2.75) is 31.5 Å². The first-order valence-electron chi connectivity index (χ1n) is 6.40. The minimum absolute atomic E-state index is 0.138. The van der Waals surface area contributed by atoms with Crippen LogP contribution in [0.25, 0.3) is 0 Å². The second-order valence-corrected chi connectivity index (χ2v) is 5.92. The maximum Gasteiger partial charge on any atom is 0.230 e. The lowest BCUT2D eigenvalue weighted by atomic mass is 10.0. The Hall–Kier alpha value is -0.910. The molecule has 98 valence electrons. The van der Waals surface area contributed by atoms with Crippen molar-refractivity contribution in [2.24, 2.45) is 11.7 Å². The first kappa shape index (κ1) is 12.1. The molecular weight excluding hydrogens is 248 g/mol. The van der Waals surface area contributed by atoms with Crippen molar-refractivity contribution in [3.05, 3.63) is 22.4 Å². The van der Waals surface area contributed by atoms with Crippen LogP contribution in [-0.2, 0) is 16.1 Å². The average Bonchev–Trinajstić information content (AvgIpc) is 2.89. The molecule has 0 aromatic carbocycles. The van der Waals surface area contributed by atoms with Crippen LogP contribution in [0, 0.1) is 5.92 Å². The van der Waals surface area contributed by atoms with E-state index in [4.69, 9.17) is 10.5 Å². The SMILES string of the molecule is NC1COCC1C(=O)N(Cc1ccsc1)C1CC1. The molecule has 2 unspecified atom stereocenters. The zero-order valence-corrected chi connectivity index (χ0v) is 11.1. The Kier molecular flexibility index (Phi) is 3.37. The van der Waals surface area contributed by atoms with Gasteiger partial charge in [-0.25, -0.2) is 0 Å². The predicted octanol–water partition coefficient (Wildman–Crippen LogP) is 1.21. The van der Waals surface area contributed by atoms with E-state index in [1.165, 1.54) is 5.56 Å². The lowest BCUT2D eigenvalue weighted by molar-refractivity contribution is -0.137. The minimum Gasteiger partial charge on any atom is -0.379 e. The van der Waals surface area contributed by atoms with Gasteiger partial charge >= 0.3 is 0 Å². The molecule has 0 radical (unpaired) electrons. The van der Waals surface area contributed by atoms with Crippen molar-refractivity contribution in [1.29, 1.82) is 0 Å². The Morgan fingerprint density at radius 1 is 1.50 bits per heavy atom. The van der Waals surface area contributed by atoms with Gasteiger partial charge in [-0.2, -0.15) is 11.3 Å². The van der Waals surface area contributed by atoms with Crippen LogP contribution < -0.4 is 5.73 Å². The van der Waals surface area contributed by atoms with Crippen LogP contribution in [-0.4, -0.2) is 36.1 Å². The van der Waals surface area contributed by atoms with Crippen LogP contribution in [0.5, 0.6) is 0 Å². The molecule has 1 saturated carbocycles. The average molecular weight is 266 g/mol. The summed E-state index contributed by atoms with van der Waals surface area (Å²) in [5, 5.41) is 4.16. The first-order valence-corrected chi connectivity index (χ1v) is 7.35. The molecule has 4 nitrogen and oxygen atoms in total. The standard InChI is InChI=1S/C13H18N2O2S/c14-12-7-17-6-11(12)13(16)15(10-1-2-10)5-9-3-4-18-8-9/h3-4,8,10-12H,1-2,5-7,14H2. The highest BCUT2D eigenvalue weighted by Gasteiger charge is 2.40. The van der Waals surface area contributed by atoms with Gasteiger partial charge in [-0.05, 0) is 35.2 Å². The number of amides is 1. The van der Waals surface area contributed by atoms with Crippen molar-refractivity contribution >= 4 is 17.2 Å². The van der Waals surface area contributed by atoms with Crippen molar-refractivity contribution in [2.75, 3.05) is 13.2 Å². The highest BCUT2D eigenvalue weighted by Crippen LogP contribution is 2.31. The van der Waals surface area contributed by atoms with E-state index in [0.717, 1.165) is 19.4 Å². The summed E-state index contributed by atoms with van der Waals surface area (Å²) in [6.45, 7) is 1.70. The fourth-order valence-corrected chi connectivity index (χ4v) is 3.05. The van der Waals surface area contributed by atoms with Crippen LogP contribution in [0.2, 0.25) is 0 Å². The summed E-state index contributed by atoms with van der Waals surface area (Å²) in [6.07, 6.45) is 2.25. The molecule has 2 heterocycles. The van der Waals surface area contributed by atoms with Gasteiger partial charge in [-0.1, -0.05) is 0 Å². The summed E-state index contributed by atoms with van der Waals surface area (Å²) in [5.74, 6) is 0.0259. The number of nitrogens with zero attached hydrogens (tertiary/aromatic N) is 1. The van der Waals surface area contributed by atoms with Crippen molar-refractivity contribution in [1.82, 2.24) is 4.90 Å². The van der Waals surface area contributed by atoms with Crippen LogP contribution in [0.1, 0.15) is 18.4 Å². The van der Waals surface area contributed by atoms with E-state index in [9.17, 15) is 4.79 Å². The number of hydrogen-bond acceptors (Lipinski definition) is 4. The van der Waals surface area contributed by atoms with Crippen LogP contribution in [0.15, 0.2) is 16.8 Å². The molecule has 1 aliphatic carbocycles. The third-order valence-corrected chi connectivity index (χ3v) is 4.38. The largest absolute Gasteiger partial charge is 0.379 e. The van der Waals surface area contributed by atoms with Gasteiger partial charge in [-0.15, -0.1) is 0 Å². The molecule has 1 aliphatic heterocycles. The maximum absolute atomic E-state index is 12.5. The smallest absolute Gasteiger partial charge is 0.230 e. The molecule has 1 aromatic heterocycles. The molecule has 2 atom stereocenters. The van der Waals surface area contributed by atoms with Gasteiger partial charge in [0.2, 0.25) is 5.91 Å². The topological polar surface area (TPSA) is 55.6 Å². The number of carbonyl (C=O) groups is 1. The van der Waals surface area contributed by atoms with E-state index in [0.29, 0.717) is 19.3 Å². The lowest BCUT2D eigenvalue weighted by Gasteiger charge is -2.26. The minimum atomic E-state index is -0.149. The summed E-state index contributed by atoms with van der Waals surface area (Å²) >= 11 is 1.67. The van der Waals surface area contributed by atoms with E-state index in [2.05, 4.69) is 16.8 Å². The van der Waals surface area contributed by atoms with Gasteiger partial charge in [0.15, 0.2) is 0 Å². The maximum atomic E-state index is 12.5. The molecule has 18 heavy (non-hydrogen) atoms. The molecule has 2 aliphatic rings. The Balaban J connectivity index is 1.71. The zero-order valence-electron chi connectivity index (χ0n) is 10.2. The second kappa shape index (κ2) is 4.99. The molecule has 0 bridgehead atoms. The van der Waals surface area contributed by atoms with E-state index in [1.807, 2.05) is 4.90 Å². The van der Waals surface area contributed by atoms with Gasteiger partial charge in [0.1, 0.15) is 0 Å². The lowest BCUT2D eigenvalue weighted by Crippen LogP contribution is -2.44. The fourth-order valence-electron chi connectivity index (χ4n) is 2.39. The fraction of sp³-hybridized carbons (Fsp3) is 0.615. The summed E-state index contributed by atoms with van der Waals surface area (Å²) in [5.41, 5.74) is 7.16. The quantitative estimate of drug-likeness (QED) is 0.891. The Morgan fingerprint density at radius 3 is 2.89 bits per heavy atom. The van der Waals surface area contributed by atoms with Crippen LogP contribution >= 0.6 is 11.3 Å². The van der Waals surface area contributed by atoms with Gasteiger partial charge in [0.25, 0.3) is 0 Å². The molecule has 1 aromatic rings. The third-order valence-electron chi connectivity index (χ3n) is 3.65. The highest BCUT2D eigenvalue weighted by atomic mass is 32.1. The summed E-state index contributed by atoms with van der Waals surface area (Å²) < 4.78 is 5.31. The van der Waals surface area contributed by atoms with Crippen molar-refractivity contribution in [3.8, 4) is 0 Å².